The van der Waals surface area contributed by atoms with E-state index in [4.69, 9.17) is 4.98 Å². The molecule has 0 saturated heterocycles. The van der Waals surface area contributed by atoms with Gasteiger partial charge < -0.3 is 5.11 Å². The van der Waals surface area contributed by atoms with Crippen LogP contribution in [0.25, 0.3) is 11.3 Å². The van der Waals surface area contributed by atoms with Gasteiger partial charge in [0, 0.05) is 18.4 Å². The molecule has 1 saturated carbocycles. The number of rotatable bonds is 5. The number of aromatic hydroxyl groups is 1. The molecule has 2 aromatic carbocycles. The van der Waals surface area contributed by atoms with Crippen LogP contribution in [0.15, 0.2) is 60.8 Å². The predicted octanol–water partition coefficient (Wildman–Crippen LogP) is 4.35. The van der Waals surface area contributed by atoms with Crippen LogP contribution in [0.5, 0.6) is 5.75 Å². The Morgan fingerprint density at radius 2 is 1.77 bits per heavy atom. The first-order chi connectivity index (χ1) is 14.7. The molecular weight excluding hydrogens is 374 g/mol. The third-order valence-corrected chi connectivity index (χ3v) is 6.29. The summed E-state index contributed by atoms with van der Waals surface area (Å²) >= 11 is 0. The molecule has 1 aliphatic carbocycles. The van der Waals surface area contributed by atoms with E-state index in [0.717, 1.165) is 34.8 Å². The monoisotopic (exact) mass is 400 g/mol. The zero-order chi connectivity index (χ0) is 20.5. The number of anilines is 1. The van der Waals surface area contributed by atoms with E-state index in [9.17, 15) is 9.90 Å². The van der Waals surface area contributed by atoms with Crippen molar-refractivity contribution in [1.82, 2.24) is 4.98 Å². The van der Waals surface area contributed by atoms with Crippen molar-refractivity contribution in [1.29, 1.82) is 0 Å². The second kappa shape index (κ2) is 7.90. The first kappa shape index (κ1) is 18.8. The Hall–Kier alpha value is -3.21. The fraction of sp³-hybridized carbons (Fsp3) is 0.320. The SMILES string of the molecule is O=C1C(CC2CCCC2)Nc2c(Cc3ccccc3)nc(-c3ccc(O)cc3)c[n+]21. The molecule has 2 N–H and O–H groups in total. The maximum absolute atomic E-state index is 13.3. The van der Waals surface area contributed by atoms with Crippen LogP contribution in [0.1, 0.15) is 48.2 Å². The Morgan fingerprint density at radius 3 is 2.50 bits per heavy atom. The number of phenols is 1. The Kier molecular flexibility index (Phi) is 4.95. The normalized spacial score (nSPS) is 18.4. The van der Waals surface area contributed by atoms with Crippen LogP contribution in [-0.4, -0.2) is 22.0 Å². The second-order valence-corrected chi connectivity index (χ2v) is 8.42. The van der Waals surface area contributed by atoms with Gasteiger partial charge in [0.1, 0.15) is 23.3 Å². The van der Waals surface area contributed by atoms with Gasteiger partial charge in [0.25, 0.3) is 0 Å². The lowest BCUT2D eigenvalue weighted by molar-refractivity contribution is -0.552. The van der Waals surface area contributed by atoms with E-state index in [0.29, 0.717) is 12.3 Å². The lowest BCUT2D eigenvalue weighted by Gasteiger charge is -2.09. The van der Waals surface area contributed by atoms with E-state index in [1.54, 1.807) is 16.7 Å². The highest BCUT2D eigenvalue weighted by Gasteiger charge is 2.42. The number of nitrogens with zero attached hydrogens (tertiary/aromatic N) is 2. The summed E-state index contributed by atoms with van der Waals surface area (Å²) in [5.74, 6) is 1.76. The number of fused-ring (bicyclic) bond motifs is 1. The van der Waals surface area contributed by atoms with Gasteiger partial charge in [-0.25, -0.2) is 9.78 Å². The zero-order valence-electron chi connectivity index (χ0n) is 16.9. The van der Waals surface area contributed by atoms with E-state index < -0.39 is 0 Å². The molecule has 0 bridgehead atoms. The summed E-state index contributed by atoms with van der Waals surface area (Å²) in [6.45, 7) is 0. The van der Waals surface area contributed by atoms with E-state index in [-0.39, 0.29) is 17.7 Å². The predicted molar refractivity (Wildman–Crippen MR) is 115 cm³/mol. The summed E-state index contributed by atoms with van der Waals surface area (Å²) in [5.41, 5.74) is 3.64. The minimum absolute atomic E-state index is 0.105. The van der Waals surface area contributed by atoms with Crippen molar-refractivity contribution in [3.8, 4) is 17.0 Å². The molecule has 0 spiro atoms. The zero-order valence-corrected chi connectivity index (χ0v) is 16.9. The quantitative estimate of drug-likeness (QED) is 0.625. The van der Waals surface area contributed by atoms with Gasteiger partial charge in [-0.1, -0.05) is 56.0 Å². The molecule has 1 unspecified atom stereocenters. The summed E-state index contributed by atoms with van der Waals surface area (Å²) in [5, 5.41) is 13.1. The van der Waals surface area contributed by atoms with Crippen molar-refractivity contribution in [2.75, 3.05) is 5.32 Å². The summed E-state index contributed by atoms with van der Waals surface area (Å²) in [6.07, 6.45) is 8.37. The van der Waals surface area contributed by atoms with Crippen LogP contribution in [0.2, 0.25) is 0 Å². The summed E-state index contributed by atoms with van der Waals surface area (Å²) in [7, 11) is 0. The molecule has 2 aliphatic rings. The molecule has 30 heavy (non-hydrogen) atoms. The van der Waals surface area contributed by atoms with Gasteiger partial charge in [-0.2, -0.15) is 4.57 Å². The number of carbonyl (C=O) groups excluding carboxylic acids is 1. The first-order valence-electron chi connectivity index (χ1n) is 10.8. The highest BCUT2D eigenvalue weighted by Crippen LogP contribution is 2.32. The average molecular weight is 401 g/mol. The molecular formula is C25H26N3O2+. The fourth-order valence-corrected chi connectivity index (χ4v) is 4.70. The molecule has 5 rings (SSSR count). The largest absolute Gasteiger partial charge is 0.508 e. The van der Waals surface area contributed by atoms with Gasteiger partial charge in [0.15, 0.2) is 6.04 Å². The molecule has 0 radical (unpaired) electrons. The number of hydrogen-bond donors (Lipinski definition) is 2. The van der Waals surface area contributed by atoms with Crippen LogP contribution >= 0.6 is 0 Å². The molecule has 5 nitrogen and oxygen atoms in total. The van der Waals surface area contributed by atoms with Gasteiger partial charge in [-0.05, 0) is 35.7 Å². The molecule has 2 heterocycles. The van der Waals surface area contributed by atoms with Crippen molar-refractivity contribution in [3.05, 3.63) is 72.1 Å². The van der Waals surface area contributed by atoms with Crippen LogP contribution in [0.3, 0.4) is 0 Å². The minimum atomic E-state index is -0.181. The number of hydrogen-bond acceptors (Lipinski definition) is 4. The van der Waals surface area contributed by atoms with Gasteiger partial charge in [0.05, 0.1) is 0 Å². The lowest BCUT2D eigenvalue weighted by atomic mass is 9.98. The molecule has 1 fully saturated rings. The minimum Gasteiger partial charge on any atom is -0.508 e. The number of carbonyl (C=O) groups is 1. The van der Waals surface area contributed by atoms with E-state index in [2.05, 4.69) is 17.4 Å². The summed E-state index contributed by atoms with van der Waals surface area (Å²) in [4.78, 5) is 18.2. The summed E-state index contributed by atoms with van der Waals surface area (Å²) in [6, 6.07) is 17.0. The Morgan fingerprint density at radius 1 is 1.03 bits per heavy atom. The molecule has 0 amide bonds. The molecule has 1 aliphatic heterocycles. The van der Waals surface area contributed by atoms with Crippen molar-refractivity contribution < 1.29 is 14.5 Å². The Bertz CT molecular complexity index is 1060. The van der Waals surface area contributed by atoms with Gasteiger partial charge in [-0.3, -0.25) is 5.32 Å². The van der Waals surface area contributed by atoms with E-state index >= 15 is 0 Å². The van der Waals surface area contributed by atoms with Crippen LogP contribution in [0.4, 0.5) is 5.82 Å². The number of benzene rings is 2. The first-order valence-corrected chi connectivity index (χ1v) is 10.8. The molecule has 152 valence electrons. The molecule has 3 aromatic rings. The van der Waals surface area contributed by atoms with Crippen LogP contribution in [-0.2, 0) is 6.42 Å². The van der Waals surface area contributed by atoms with Crippen LogP contribution in [0, 0.1) is 5.92 Å². The van der Waals surface area contributed by atoms with Gasteiger partial charge in [-0.15, -0.1) is 0 Å². The molecule has 1 atom stereocenters. The molecule has 1 aromatic heterocycles. The van der Waals surface area contributed by atoms with Gasteiger partial charge >= 0.3 is 11.7 Å². The van der Waals surface area contributed by atoms with E-state index in [1.165, 1.54) is 25.7 Å². The average Bonchev–Trinajstić information content (AvgIpc) is 3.38. The van der Waals surface area contributed by atoms with Crippen molar-refractivity contribution >= 4 is 11.7 Å². The van der Waals surface area contributed by atoms with Crippen LogP contribution < -0.4 is 9.88 Å². The maximum Gasteiger partial charge on any atom is 0.359 e. The van der Waals surface area contributed by atoms with Crippen molar-refractivity contribution in [2.24, 2.45) is 5.92 Å². The number of nitrogens with one attached hydrogen (secondary N) is 1. The Labute approximate surface area is 176 Å². The smallest absolute Gasteiger partial charge is 0.359 e. The lowest BCUT2D eigenvalue weighted by Crippen LogP contribution is -2.43. The molecule has 5 heteroatoms. The van der Waals surface area contributed by atoms with E-state index in [1.807, 2.05) is 36.5 Å². The summed E-state index contributed by atoms with van der Waals surface area (Å²) < 4.78 is 1.76. The topological polar surface area (TPSA) is 66.1 Å². The van der Waals surface area contributed by atoms with Crippen molar-refractivity contribution in [3.63, 3.8) is 0 Å². The van der Waals surface area contributed by atoms with Crippen molar-refractivity contribution in [2.45, 2.75) is 44.6 Å². The Balaban J connectivity index is 1.53. The third-order valence-electron chi connectivity index (χ3n) is 6.29. The standard InChI is InChI=1S/C25H25N3O2/c29-20-12-10-19(11-13-20)23-16-28-24(21(26-23)14-17-6-2-1-3-7-17)27-22(25(28)30)15-18-8-4-5-9-18/h1-3,6-7,10-13,16,18,22,29H,4-5,8-9,14-15H2/p+1. The maximum atomic E-state index is 13.3. The third kappa shape index (κ3) is 3.67. The highest BCUT2D eigenvalue weighted by atomic mass is 16.3. The second-order valence-electron chi connectivity index (χ2n) is 8.42. The fourth-order valence-electron chi connectivity index (χ4n) is 4.70. The highest BCUT2D eigenvalue weighted by molar-refractivity contribution is 5.82. The van der Waals surface area contributed by atoms with Gasteiger partial charge in [0.2, 0.25) is 0 Å². The number of aromatic nitrogens is 2. The number of phenolic OH excluding ortho intramolecular Hbond substituents is 1.